The molecule has 0 heterocycles. The van der Waals surface area contributed by atoms with E-state index in [0.29, 0.717) is 10.8 Å². The number of allylic oxidation sites excluding steroid dienone is 1. The van der Waals surface area contributed by atoms with Crippen molar-refractivity contribution in [2.75, 3.05) is 0 Å². The van der Waals surface area contributed by atoms with Gasteiger partial charge in [-0.1, -0.05) is 6.08 Å². The molecule has 0 aliphatic rings. The number of hydrogen-bond acceptors (Lipinski definition) is 3. The van der Waals surface area contributed by atoms with E-state index in [9.17, 15) is 8.42 Å². The molecule has 0 spiro atoms. The summed E-state index contributed by atoms with van der Waals surface area (Å²) in [5.74, 6) is 0. The van der Waals surface area contributed by atoms with Gasteiger partial charge in [0.25, 0.3) is 0 Å². The van der Waals surface area contributed by atoms with Gasteiger partial charge in [0.05, 0.1) is 0 Å². The highest BCUT2D eigenvalue weighted by Gasteiger charge is 1.98. The topological polar surface area (TPSA) is 54.4 Å². The van der Waals surface area contributed by atoms with Gasteiger partial charge in [0.1, 0.15) is 0 Å². The van der Waals surface area contributed by atoms with Crippen LogP contribution >= 0.6 is 10.8 Å². The maximum absolute atomic E-state index is 9.86. The molecule has 0 amide bonds. The lowest BCUT2D eigenvalue weighted by molar-refractivity contribution is 0.503. The molecule has 0 bridgehead atoms. The average molecular weight is 154 g/mol. The van der Waals surface area contributed by atoms with Gasteiger partial charge in [-0.25, -0.2) is 0 Å². The largest absolute Gasteiger partial charge is 0.323 e. The Kier molecular flexibility index (Phi) is 3.11. The van der Waals surface area contributed by atoms with Crippen LogP contribution in [0.15, 0.2) is 11.5 Å². The third kappa shape index (κ3) is 6.00. The van der Waals surface area contributed by atoms with Gasteiger partial charge in [-0.3, -0.25) is 4.55 Å². The Morgan fingerprint density at radius 3 is 2.25 bits per heavy atom. The molecule has 0 aromatic heterocycles. The molecule has 0 aromatic carbocycles. The second kappa shape index (κ2) is 3.11. The van der Waals surface area contributed by atoms with Crippen molar-refractivity contribution in [2.45, 2.75) is 6.92 Å². The molecule has 0 fully saturated rings. The quantitative estimate of drug-likeness (QED) is 0.477. The zero-order chi connectivity index (χ0) is 6.62. The van der Waals surface area contributed by atoms with Gasteiger partial charge in [-0.15, -0.1) is 0 Å². The van der Waals surface area contributed by atoms with E-state index in [1.807, 2.05) is 0 Å². The van der Waals surface area contributed by atoms with E-state index in [-0.39, 0.29) is 0 Å². The highest BCUT2D eigenvalue weighted by Crippen LogP contribution is 2.09. The van der Waals surface area contributed by atoms with Gasteiger partial charge in [-0.2, -0.15) is 8.42 Å². The zero-order valence-electron chi connectivity index (χ0n) is 4.23. The van der Waals surface area contributed by atoms with Crippen LogP contribution in [-0.4, -0.2) is 13.0 Å². The average Bonchev–Trinajstić information content (AvgIpc) is 1.59. The molecule has 0 saturated heterocycles. The van der Waals surface area contributed by atoms with Crippen molar-refractivity contribution in [1.29, 1.82) is 0 Å². The van der Waals surface area contributed by atoms with Crippen molar-refractivity contribution in [3.05, 3.63) is 11.5 Å². The lowest BCUT2D eigenvalue weighted by Gasteiger charge is -1.82. The summed E-state index contributed by atoms with van der Waals surface area (Å²) in [6.45, 7) is 1.66. The molecule has 0 aliphatic heterocycles. The van der Waals surface area contributed by atoms with Crippen LogP contribution in [0.25, 0.3) is 0 Å². The molecule has 3 nitrogen and oxygen atoms in total. The van der Waals surface area contributed by atoms with Crippen molar-refractivity contribution in [3.8, 4) is 0 Å². The first-order valence-corrected chi connectivity index (χ1v) is 4.67. The van der Waals surface area contributed by atoms with Crippen LogP contribution in [0.5, 0.6) is 0 Å². The minimum Gasteiger partial charge on any atom is -0.277 e. The summed E-state index contributed by atoms with van der Waals surface area (Å²) in [7, 11) is -3.48. The van der Waals surface area contributed by atoms with E-state index in [4.69, 9.17) is 4.55 Å². The maximum Gasteiger partial charge on any atom is 0.323 e. The standard InChI is InChI=1S/C3H6O3S2/c1-2-3-7-8(4,5)6/h2-3H,1H3,(H,4,5,6). The van der Waals surface area contributed by atoms with Gasteiger partial charge < -0.3 is 0 Å². The van der Waals surface area contributed by atoms with Gasteiger partial charge in [0.15, 0.2) is 0 Å². The SMILES string of the molecule is CC=CSS(=O)(=O)O. The molecule has 0 radical (unpaired) electrons. The summed E-state index contributed by atoms with van der Waals surface area (Å²) in [4.78, 5) is 0. The van der Waals surface area contributed by atoms with E-state index in [1.54, 1.807) is 6.92 Å². The first kappa shape index (κ1) is 8.00. The number of rotatable bonds is 2. The molecule has 48 valence electrons. The number of hydrogen-bond donors (Lipinski definition) is 1. The molecule has 0 aromatic rings. The van der Waals surface area contributed by atoms with Crippen LogP contribution in [0, 0.1) is 0 Å². The van der Waals surface area contributed by atoms with Crippen molar-refractivity contribution in [2.24, 2.45) is 0 Å². The molecular weight excluding hydrogens is 148 g/mol. The summed E-state index contributed by atoms with van der Waals surface area (Å²) in [6.07, 6.45) is 1.53. The van der Waals surface area contributed by atoms with Gasteiger partial charge in [0.2, 0.25) is 0 Å². The maximum atomic E-state index is 9.86. The molecule has 0 aliphatic carbocycles. The van der Waals surface area contributed by atoms with Gasteiger partial charge in [0, 0.05) is 10.8 Å². The summed E-state index contributed by atoms with van der Waals surface area (Å²) in [5, 5.41) is 1.29. The normalized spacial score (nSPS) is 12.8. The van der Waals surface area contributed by atoms with Crippen LogP contribution < -0.4 is 0 Å². The Morgan fingerprint density at radius 1 is 1.62 bits per heavy atom. The fourth-order valence-electron chi connectivity index (χ4n) is 0.126. The van der Waals surface area contributed by atoms with E-state index in [0.717, 1.165) is 0 Å². The van der Waals surface area contributed by atoms with Crippen molar-refractivity contribution in [1.82, 2.24) is 0 Å². The fraction of sp³-hybridized carbons (Fsp3) is 0.333. The van der Waals surface area contributed by atoms with Crippen LogP contribution in [0.1, 0.15) is 6.92 Å². The zero-order valence-corrected chi connectivity index (χ0v) is 5.87. The smallest absolute Gasteiger partial charge is 0.277 e. The molecule has 0 unspecified atom stereocenters. The molecule has 8 heavy (non-hydrogen) atoms. The third-order valence-electron chi connectivity index (χ3n) is 0.313. The molecular formula is C3H6O3S2. The monoisotopic (exact) mass is 154 g/mol. The van der Waals surface area contributed by atoms with Crippen LogP contribution in [-0.2, 0) is 9.15 Å². The molecule has 1 N–H and O–H groups in total. The highest BCUT2D eigenvalue weighted by molar-refractivity contribution is 8.71. The molecule has 0 atom stereocenters. The Balaban J connectivity index is 3.76. The summed E-state index contributed by atoms with van der Waals surface area (Å²) in [6, 6.07) is 0. The second-order valence-corrected chi connectivity index (χ2v) is 4.15. The van der Waals surface area contributed by atoms with Gasteiger partial charge >= 0.3 is 9.15 Å². The Morgan fingerprint density at radius 2 is 2.12 bits per heavy atom. The van der Waals surface area contributed by atoms with E-state index < -0.39 is 9.15 Å². The summed E-state index contributed by atoms with van der Waals surface area (Å²) in [5.41, 5.74) is 0. The third-order valence-corrected chi connectivity index (χ3v) is 2.00. The predicted molar refractivity (Wildman–Crippen MR) is 34.0 cm³/mol. The van der Waals surface area contributed by atoms with Crippen molar-refractivity contribution < 1.29 is 13.0 Å². The van der Waals surface area contributed by atoms with Crippen LogP contribution in [0.2, 0.25) is 0 Å². The first-order chi connectivity index (χ1) is 3.56. The van der Waals surface area contributed by atoms with E-state index >= 15 is 0 Å². The van der Waals surface area contributed by atoms with E-state index in [1.165, 1.54) is 11.5 Å². The summed E-state index contributed by atoms with van der Waals surface area (Å²) < 4.78 is 27.7. The van der Waals surface area contributed by atoms with Crippen molar-refractivity contribution in [3.63, 3.8) is 0 Å². The summed E-state index contributed by atoms with van der Waals surface area (Å²) >= 11 is 0. The van der Waals surface area contributed by atoms with E-state index in [2.05, 4.69) is 0 Å². The highest BCUT2D eigenvalue weighted by atomic mass is 33.1. The Bertz CT molecular complexity index is 167. The molecule has 0 saturated carbocycles. The minimum atomic E-state index is -3.86. The minimum absolute atomic E-state index is 0.381. The van der Waals surface area contributed by atoms with Crippen molar-refractivity contribution >= 4 is 19.9 Å². The molecule has 0 rings (SSSR count). The van der Waals surface area contributed by atoms with Crippen LogP contribution in [0.4, 0.5) is 0 Å². The lowest BCUT2D eigenvalue weighted by Crippen LogP contribution is -1.84. The second-order valence-electron chi connectivity index (χ2n) is 0.993. The Hall–Kier alpha value is -0.0000000000000000763. The lowest BCUT2D eigenvalue weighted by atomic mass is 10.8. The Labute approximate surface area is 51.9 Å². The predicted octanol–water partition coefficient (Wildman–Crippen LogP) is 1.06. The van der Waals surface area contributed by atoms with Gasteiger partial charge in [-0.05, 0) is 12.3 Å². The molecule has 5 heteroatoms. The fourth-order valence-corrected chi connectivity index (χ4v) is 1.13. The van der Waals surface area contributed by atoms with Crippen LogP contribution in [0.3, 0.4) is 0 Å². The first-order valence-electron chi connectivity index (χ1n) is 1.83.